The molecule has 1 aromatic heterocycles. The van der Waals surface area contributed by atoms with E-state index in [1.165, 1.54) is 0 Å². The fourth-order valence-electron chi connectivity index (χ4n) is 3.89. The highest BCUT2D eigenvalue weighted by Crippen LogP contribution is 2.18. The average molecular weight is 399 g/mol. The highest BCUT2D eigenvalue weighted by atomic mass is 16.6. The fourth-order valence-corrected chi connectivity index (χ4v) is 3.89. The van der Waals surface area contributed by atoms with Gasteiger partial charge in [-0.15, -0.1) is 0 Å². The number of fused-ring (bicyclic) bond motifs is 1. The first kappa shape index (κ1) is 20.9. The molecule has 7 heteroatoms. The zero-order valence-electron chi connectivity index (χ0n) is 17.3. The van der Waals surface area contributed by atoms with Crippen LogP contribution < -0.4 is 10.9 Å². The van der Waals surface area contributed by atoms with Crippen LogP contribution in [-0.4, -0.2) is 47.6 Å². The summed E-state index contributed by atoms with van der Waals surface area (Å²) in [5, 5.41) is 4.02. The van der Waals surface area contributed by atoms with E-state index in [9.17, 15) is 14.4 Å². The number of aromatic amines is 1. The van der Waals surface area contributed by atoms with Crippen LogP contribution in [0.2, 0.25) is 0 Å². The zero-order valence-corrected chi connectivity index (χ0v) is 17.3. The molecule has 1 saturated heterocycles. The zero-order chi connectivity index (χ0) is 21.0. The molecule has 0 bridgehead atoms. The number of hydrogen-bond acceptors (Lipinski definition) is 4. The van der Waals surface area contributed by atoms with Crippen molar-refractivity contribution >= 4 is 22.9 Å². The molecule has 2 N–H and O–H groups in total. The summed E-state index contributed by atoms with van der Waals surface area (Å²) in [5.41, 5.74) is 3.51. The van der Waals surface area contributed by atoms with Crippen LogP contribution in [0.4, 0.5) is 4.79 Å². The number of benzene rings is 1. The summed E-state index contributed by atoms with van der Waals surface area (Å²) in [4.78, 5) is 41.1. The number of H-pyrrole nitrogens is 1. The van der Waals surface area contributed by atoms with Crippen LogP contribution in [0.25, 0.3) is 10.9 Å². The minimum Gasteiger partial charge on any atom is -0.450 e. The monoisotopic (exact) mass is 399 g/mol. The van der Waals surface area contributed by atoms with E-state index in [-0.39, 0.29) is 30.0 Å². The van der Waals surface area contributed by atoms with E-state index in [1.54, 1.807) is 11.8 Å². The Bertz CT molecular complexity index is 958. The lowest BCUT2D eigenvalue weighted by atomic mass is 10.0. The maximum absolute atomic E-state index is 12.4. The minimum atomic E-state index is -0.293. The van der Waals surface area contributed by atoms with Crippen LogP contribution in [0, 0.1) is 13.8 Å². The van der Waals surface area contributed by atoms with Gasteiger partial charge in [0.2, 0.25) is 5.91 Å². The number of carbonyl (C=O) groups is 2. The summed E-state index contributed by atoms with van der Waals surface area (Å²) < 4.78 is 5.01. The van der Waals surface area contributed by atoms with Crippen molar-refractivity contribution in [1.29, 1.82) is 0 Å². The van der Waals surface area contributed by atoms with Gasteiger partial charge in [-0.25, -0.2) is 4.79 Å². The molecule has 0 aliphatic carbocycles. The standard InChI is InChI=1S/C22H29N3O4/c1-4-29-22(28)25-9-7-18(8-10-25)23-19(26)6-5-16-13-17-12-14(2)11-15(3)20(17)24-21(16)27/h11-13,18H,4-10H2,1-3H3,(H,23,26)(H,24,27). The van der Waals surface area contributed by atoms with Gasteiger partial charge in [0.1, 0.15) is 0 Å². The van der Waals surface area contributed by atoms with Crippen molar-refractivity contribution in [3.63, 3.8) is 0 Å². The number of hydrogen-bond donors (Lipinski definition) is 2. The van der Waals surface area contributed by atoms with Crippen LogP contribution in [0.3, 0.4) is 0 Å². The van der Waals surface area contributed by atoms with Crippen LogP contribution >= 0.6 is 0 Å². The quantitative estimate of drug-likeness (QED) is 0.809. The normalized spacial score (nSPS) is 14.8. The second-order valence-electron chi connectivity index (χ2n) is 7.70. The summed E-state index contributed by atoms with van der Waals surface area (Å²) in [5.74, 6) is -0.0699. The van der Waals surface area contributed by atoms with Crippen LogP contribution in [0.5, 0.6) is 0 Å². The number of nitrogens with zero attached hydrogens (tertiary/aromatic N) is 1. The number of ether oxygens (including phenoxy) is 1. The summed E-state index contributed by atoms with van der Waals surface area (Å²) in [6.45, 7) is 7.31. The molecule has 0 atom stereocenters. The molecule has 3 rings (SSSR count). The van der Waals surface area contributed by atoms with Crippen molar-refractivity contribution in [2.75, 3.05) is 19.7 Å². The van der Waals surface area contributed by atoms with Gasteiger partial charge in [0, 0.05) is 31.1 Å². The molecule has 29 heavy (non-hydrogen) atoms. The molecule has 0 unspecified atom stereocenters. The first-order chi connectivity index (χ1) is 13.9. The Morgan fingerprint density at radius 2 is 1.93 bits per heavy atom. The predicted octanol–water partition coefficient (Wildman–Crippen LogP) is 2.81. The topological polar surface area (TPSA) is 91.5 Å². The van der Waals surface area contributed by atoms with Crippen LogP contribution in [0.15, 0.2) is 23.0 Å². The number of likely N-dealkylation sites (tertiary alicyclic amines) is 1. The Kier molecular flexibility index (Phi) is 6.56. The van der Waals surface area contributed by atoms with Crippen LogP contribution in [-0.2, 0) is 16.0 Å². The number of aryl methyl sites for hydroxylation is 3. The highest BCUT2D eigenvalue weighted by molar-refractivity contribution is 5.83. The lowest BCUT2D eigenvalue weighted by Crippen LogP contribution is -2.46. The van der Waals surface area contributed by atoms with Crippen molar-refractivity contribution < 1.29 is 14.3 Å². The molecule has 1 aliphatic rings. The van der Waals surface area contributed by atoms with Gasteiger partial charge in [-0.1, -0.05) is 11.6 Å². The van der Waals surface area contributed by atoms with Crippen LogP contribution in [0.1, 0.15) is 42.9 Å². The maximum Gasteiger partial charge on any atom is 0.409 e. The molecule has 156 valence electrons. The smallest absolute Gasteiger partial charge is 0.409 e. The third kappa shape index (κ3) is 5.16. The average Bonchev–Trinajstić information content (AvgIpc) is 2.68. The Hall–Kier alpha value is -2.83. The van der Waals surface area contributed by atoms with E-state index in [4.69, 9.17) is 4.74 Å². The number of carbonyl (C=O) groups excluding carboxylic acids is 2. The number of piperidine rings is 1. The Morgan fingerprint density at radius 1 is 1.21 bits per heavy atom. The highest BCUT2D eigenvalue weighted by Gasteiger charge is 2.24. The molecule has 0 radical (unpaired) electrons. The third-order valence-electron chi connectivity index (χ3n) is 5.38. The second-order valence-corrected chi connectivity index (χ2v) is 7.70. The first-order valence-electron chi connectivity index (χ1n) is 10.2. The molecule has 2 aromatic rings. The second kappa shape index (κ2) is 9.11. The first-order valence-corrected chi connectivity index (χ1v) is 10.2. The van der Waals surface area contributed by atoms with E-state index >= 15 is 0 Å². The maximum atomic E-state index is 12.4. The van der Waals surface area contributed by atoms with Crippen molar-refractivity contribution in [3.8, 4) is 0 Å². The minimum absolute atomic E-state index is 0.0494. The van der Waals surface area contributed by atoms with Crippen molar-refractivity contribution in [2.45, 2.75) is 52.5 Å². The van der Waals surface area contributed by atoms with Gasteiger partial charge in [0.15, 0.2) is 0 Å². The van der Waals surface area contributed by atoms with Crippen molar-refractivity contribution in [3.05, 3.63) is 45.2 Å². The Morgan fingerprint density at radius 3 is 2.62 bits per heavy atom. The van der Waals surface area contributed by atoms with Gasteiger partial charge in [-0.3, -0.25) is 9.59 Å². The molecule has 2 heterocycles. The molecule has 2 amide bonds. The van der Waals surface area contributed by atoms with E-state index in [0.29, 0.717) is 44.5 Å². The number of pyridine rings is 1. The predicted molar refractivity (Wildman–Crippen MR) is 112 cm³/mol. The fraction of sp³-hybridized carbons (Fsp3) is 0.500. The lowest BCUT2D eigenvalue weighted by molar-refractivity contribution is -0.122. The number of rotatable bonds is 5. The van der Waals surface area contributed by atoms with Crippen molar-refractivity contribution in [2.24, 2.45) is 0 Å². The molecule has 0 spiro atoms. The molecule has 1 fully saturated rings. The van der Waals surface area contributed by atoms with Crippen molar-refractivity contribution in [1.82, 2.24) is 15.2 Å². The number of amides is 2. The summed E-state index contributed by atoms with van der Waals surface area (Å²) in [6, 6.07) is 6.02. The molecular weight excluding hydrogens is 370 g/mol. The molecule has 1 aliphatic heterocycles. The third-order valence-corrected chi connectivity index (χ3v) is 5.38. The molecule has 1 aromatic carbocycles. The molecular formula is C22H29N3O4. The van der Waals surface area contributed by atoms with Gasteiger partial charge in [0.25, 0.3) is 5.56 Å². The van der Waals surface area contributed by atoms with Gasteiger partial charge in [-0.2, -0.15) is 0 Å². The SMILES string of the molecule is CCOC(=O)N1CCC(NC(=O)CCc2cc3cc(C)cc(C)c3[nH]c2=O)CC1. The lowest BCUT2D eigenvalue weighted by Gasteiger charge is -2.31. The summed E-state index contributed by atoms with van der Waals surface area (Å²) in [6.07, 6.45) is 1.78. The van der Waals surface area contributed by atoms with E-state index in [2.05, 4.69) is 10.3 Å². The molecule has 7 nitrogen and oxygen atoms in total. The Labute approximate surface area is 170 Å². The van der Waals surface area contributed by atoms with E-state index in [1.807, 2.05) is 32.0 Å². The molecule has 0 saturated carbocycles. The van der Waals surface area contributed by atoms with E-state index in [0.717, 1.165) is 22.0 Å². The number of aromatic nitrogens is 1. The van der Waals surface area contributed by atoms with Gasteiger partial charge in [0.05, 0.1) is 12.1 Å². The van der Waals surface area contributed by atoms with Gasteiger partial charge in [-0.05, 0) is 63.1 Å². The summed E-state index contributed by atoms with van der Waals surface area (Å²) in [7, 11) is 0. The summed E-state index contributed by atoms with van der Waals surface area (Å²) >= 11 is 0. The Balaban J connectivity index is 1.54. The van der Waals surface area contributed by atoms with Gasteiger partial charge >= 0.3 is 6.09 Å². The number of nitrogens with one attached hydrogen (secondary N) is 2. The van der Waals surface area contributed by atoms with Gasteiger partial charge < -0.3 is 19.9 Å². The largest absolute Gasteiger partial charge is 0.450 e. The van der Waals surface area contributed by atoms with E-state index < -0.39 is 0 Å².